The van der Waals surface area contributed by atoms with Crippen molar-refractivity contribution in [1.29, 1.82) is 0 Å². The predicted molar refractivity (Wildman–Crippen MR) is 111 cm³/mol. The molecule has 4 rings (SSSR count). The van der Waals surface area contributed by atoms with Crippen LogP contribution in [-0.4, -0.2) is 28.4 Å². The zero-order chi connectivity index (χ0) is 21.0. The minimum atomic E-state index is -0.341. The lowest BCUT2D eigenvalue weighted by Crippen LogP contribution is -2.58. The number of carbonyl (C=O) groups excluding carboxylic acids is 1. The summed E-state index contributed by atoms with van der Waals surface area (Å²) in [5.41, 5.74) is 0.226. The van der Waals surface area contributed by atoms with E-state index in [9.17, 15) is 15.0 Å². The van der Waals surface area contributed by atoms with Gasteiger partial charge in [0.2, 0.25) is 0 Å². The van der Waals surface area contributed by atoms with Crippen LogP contribution in [0.3, 0.4) is 0 Å². The van der Waals surface area contributed by atoms with E-state index in [1.807, 2.05) is 0 Å². The quantitative estimate of drug-likeness (QED) is 0.616. The van der Waals surface area contributed by atoms with Crippen LogP contribution in [0.1, 0.15) is 85.0 Å². The number of aliphatic hydroxyl groups is 2. The highest BCUT2D eigenvalue weighted by atomic mass is 16.7. The average Bonchev–Trinajstić information content (AvgIpc) is 3.06. The SMILES string of the molecule is CC(CCC(=O)ON)C1CCC2C3CCC4CC(O)CCC4(C)C3CC(O)C12C. The largest absolute Gasteiger partial charge is 0.393 e. The van der Waals surface area contributed by atoms with Crippen LogP contribution in [0.15, 0.2) is 0 Å². The molecule has 0 heterocycles. The molecule has 4 fully saturated rings. The molecule has 166 valence electrons. The summed E-state index contributed by atoms with van der Waals surface area (Å²) in [7, 11) is 0. The normalized spacial score (nSPS) is 50.2. The molecule has 0 amide bonds. The smallest absolute Gasteiger partial charge is 0.324 e. The first-order valence-corrected chi connectivity index (χ1v) is 12.0. The van der Waals surface area contributed by atoms with E-state index in [2.05, 4.69) is 25.6 Å². The van der Waals surface area contributed by atoms with E-state index in [1.165, 1.54) is 19.3 Å². The highest BCUT2D eigenvalue weighted by Crippen LogP contribution is 2.68. The van der Waals surface area contributed by atoms with Gasteiger partial charge in [-0.05, 0) is 104 Å². The monoisotopic (exact) mass is 407 g/mol. The fraction of sp³-hybridized carbons (Fsp3) is 0.958. The third-order valence-corrected chi connectivity index (χ3v) is 10.4. The average molecular weight is 408 g/mol. The Hall–Kier alpha value is -0.650. The molecule has 0 spiro atoms. The molecule has 29 heavy (non-hydrogen) atoms. The van der Waals surface area contributed by atoms with Crippen LogP contribution < -0.4 is 5.90 Å². The summed E-state index contributed by atoms with van der Waals surface area (Å²) in [6, 6.07) is 0. The van der Waals surface area contributed by atoms with Crippen LogP contribution in [0.4, 0.5) is 0 Å². The molecule has 0 aromatic rings. The van der Waals surface area contributed by atoms with Gasteiger partial charge in [0.15, 0.2) is 0 Å². The summed E-state index contributed by atoms with van der Waals surface area (Å²) in [5, 5.41) is 21.7. The Balaban J connectivity index is 1.53. The van der Waals surface area contributed by atoms with Crippen molar-refractivity contribution >= 4 is 5.97 Å². The van der Waals surface area contributed by atoms with E-state index >= 15 is 0 Å². The molecule has 4 saturated carbocycles. The molecule has 5 nitrogen and oxygen atoms in total. The summed E-state index contributed by atoms with van der Waals surface area (Å²) in [6.45, 7) is 7.04. The first-order valence-electron chi connectivity index (χ1n) is 12.0. The van der Waals surface area contributed by atoms with Gasteiger partial charge < -0.3 is 15.1 Å². The predicted octanol–water partition coefficient (Wildman–Crippen LogP) is 3.81. The summed E-state index contributed by atoms with van der Waals surface area (Å²) in [6.07, 6.45) is 9.48. The van der Waals surface area contributed by atoms with Crippen molar-refractivity contribution in [2.45, 2.75) is 97.2 Å². The lowest BCUT2D eigenvalue weighted by molar-refractivity contribution is -0.175. The second-order valence-electron chi connectivity index (χ2n) is 11.4. The number of carbonyl (C=O) groups is 1. The van der Waals surface area contributed by atoms with Gasteiger partial charge in [-0.3, -0.25) is 4.79 Å². The van der Waals surface area contributed by atoms with Crippen molar-refractivity contribution in [1.82, 2.24) is 0 Å². The highest BCUT2D eigenvalue weighted by molar-refractivity contribution is 5.68. The minimum absolute atomic E-state index is 0.0510. The molecule has 4 N–H and O–H groups in total. The number of nitrogens with two attached hydrogens (primary N) is 1. The molecule has 0 bridgehead atoms. The lowest BCUT2D eigenvalue weighted by Gasteiger charge is -2.62. The van der Waals surface area contributed by atoms with Gasteiger partial charge in [0.1, 0.15) is 0 Å². The number of aliphatic hydroxyl groups excluding tert-OH is 2. The molecule has 0 aliphatic heterocycles. The fourth-order valence-corrected chi connectivity index (χ4v) is 8.77. The minimum Gasteiger partial charge on any atom is -0.393 e. The molecule has 0 saturated heterocycles. The Morgan fingerprint density at radius 3 is 2.59 bits per heavy atom. The van der Waals surface area contributed by atoms with Crippen molar-refractivity contribution < 1.29 is 19.8 Å². The summed E-state index contributed by atoms with van der Waals surface area (Å²) in [4.78, 5) is 15.9. The first kappa shape index (κ1) is 21.6. The maximum atomic E-state index is 11.5. The van der Waals surface area contributed by atoms with Crippen LogP contribution in [0.5, 0.6) is 0 Å². The molecule has 4 aliphatic rings. The highest BCUT2D eigenvalue weighted by Gasteiger charge is 2.63. The maximum absolute atomic E-state index is 11.5. The van der Waals surface area contributed by atoms with Gasteiger partial charge >= 0.3 is 5.97 Å². The Bertz CT molecular complexity index is 626. The number of rotatable bonds is 4. The van der Waals surface area contributed by atoms with Crippen molar-refractivity contribution in [3.8, 4) is 0 Å². The molecule has 4 aliphatic carbocycles. The van der Waals surface area contributed by atoms with Crippen molar-refractivity contribution in [2.24, 2.45) is 52.2 Å². The topological polar surface area (TPSA) is 92.8 Å². The van der Waals surface area contributed by atoms with Crippen LogP contribution in [0.25, 0.3) is 0 Å². The first-order chi connectivity index (χ1) is 13.7. The molecule has 10 atom stereocenters. The van der Waals surface area contributed by atoms with E-state index < -0.39 is 0 Å². The molecule has 0 aromatic carbocycles. The molecule has 0 aromatic heterocycles. The third-order valence-electron chi connectivity index (χ3n) is 10.4. The molecular weight excluding hydrogens is 366 g/mol. The zero-order valence-corrected chi connectivity index (χ0v) is 18.5. The summed E-state index contributed by atoms with van der Waals surface area (Å²) >= 11 is 0. The fourth-order valence-electron chi connectivity index (χ4n) is 8.77. The number of hydrogen-bond acceptors (Lipinski definition) is 5. The van der Waals surface area contributed by atoms with Crippen LogP contribution in [-0.2, 0) is 9.63 Å². The molecule has 10 unspecified atom stereocenters. The van der Waals surface area contributed by atoms with Crippen molar-refractivity contribution in [3.05, 3.63) is 0 Å². The second kappa shape index (κ2) is 7.80. The van der Waals surface area contributed by atoms with Gasteiger partial charge in [-0.1, -0.05) is 20.8 Å². The number of fused-ring (bicyclic) bond motifs is 5. The Labute approximate surface area is 175 Å². The van der Waals surface area contributed by atoms with Crippen LogP contribution in [0.2, 0.25) is 0 Å². The van der Waals surface area contributed by atoms with Gasteiger partial charge in [0.05, 0.1) is 12.2 Å². The van der Waals surface area contributed by atoms with Crippen molar-refractivity contribution in [3.63, 3.8) is 0 Å². The lowest BCUT2D eigenvalue weighted by atomic mass is 9.43. The van der Waals surface area contributed by atoms with Crippen LogP contribution >= 0.6 is 0 Å². The van der Waals surface area contributed by atoms with Gasteiger partial charge in [0.25, 0.3) is 0 Å². The summed E-state index contributed by atoms with van der Waals surface area (Å²) < 4.78 is 0. The molecular formula is C24H41NO4. The van der Waals surface area contributed by atoms with Gasteiger partial charge in [-0.2, -0.15) is 5.90 Å². The standard InChI is InChI=1S/C24H41NO4/c1-14(4-9-22(28)29-25)18-7-8-19-17-6-5-15-12-16(26)10-11-23(15,2)20(17)13-21(27)24(18,19)3/h14-21,26-27H,4-13,25H2,1-3H3. The Morgan fingerprint density at radius 1 is 1.10 bits per heavy atom. The van der Waals surface area contributed by atoms with Crippen LogP contribution in [0, 0.1) is 46.3 Å². The van der Waals surface area contributed by atoms with Gasteiger partial charge in [-0.25, -0.2) is 0 Å². The zero-order valence-electron chi connectivity index (χ0n) is 18.5. The van der Waals surface area contributed by atoms with Crippen molar-refractivity contribution in [2.75, 3.05) is 0 Å². The van der Waals surface area contributed by atoms with Gasteiger partial charge in [0, 0.05) is 6.42 Å². The third kappa shape index (κ3) is 3.36. The van der Waals surface area contributed by atoms with E-state index in [1.54, 1.807) is 0 Å². The second-order valence-corrected chi connectivity index (χ2v) is 11.4. The number of hydrogen-bond donors (Lipinski definition) is 3. The molecule has 5 heteroatoms. The Kier molecular flexibility index (Phi) is 5.80. The van der Waals surface area contributed by atoms with Gasteiger partial charge in [-0.15, -0.1) is 0 Å². The summed E-state index contributed by atoms with van der Waals surface area (Å²) in [5.74, 6) is 7.98. The maximum Gasteiger partial charge on any atom is 0.324 e. The molecule has 0 radical (unpaired) electrons. The van der Waals surface area contributed by atoms with E-state index in [0.29, 0.717) is 41.9 Å². The Morgan fingerprint density at radius 2 is 1.86 bits per heavy atom. The van der Waals surface area contributed by atoms with E-state index in [0.717, 1.165) is 38.5 Å². The van der Waals surface area contributed by atoms with E-state index in [-0.39, 0.29) is 29.0 Å². The van der Waals surface area contributed by atoms with E-state index in [4.69, 9.17) is 5.90 Å².